The Hall–Kier alpha value is -1.31. The molecule has 1 aromatic heterocycles. The molecule has 0 aromatic carbocycles. The molecule has 0 fully saturated rings. The smallest absolute Gasteiger partial charge is 0.0501 e. The van der Waals surface area contributed by atoms with Gasteiger partial charge in [-0.3, -0.25) is 0 Å². The monoisotopic (exact) mass is 176 g/mol. The van der Waals surface area contributed by atoms with Gasteiger partial charge in [0, 0.05) is 18.3 Å². The summed E-state index contributed by atoms with van der Waals surface area (Å²) in [6.45, 7) is 6.16. The van der Waals surface area contributed by atoms with Crippen LogP contribution in [0, 0.1) is 0 Å². The third kappa shape index (κ3) is 2.08. The normalized spacial score (nSPS) is 18.5. The average molecular weight is 176 g/mol. The van der Waals surface area contributed by atoms with E-state index in [0.29, 0.717) is 5.92 Å². The zero-order chi connectivity index (χ0) is 9.68. The summed E-state index contributed by atoms with van der Waals surface area (Å²) in [4.78, 5) is 0. The fraction of sp³-hybridized carbons (Fsp3) is 0.364. The maximum atomic E-state index is 4.16. The lowest BCUT2D eigenvalue weighted by Crippen LogP contribution is -1.97. The lowest BCUT2D eigenvalue weighted by Gasteiger charge is -2.03. The Morgan fingerprint density at radius 1 is 1.31 bits per heavy atom. The molecule has 2 heterocycles. The van der Waals surface area contributed by atoms with E-state index in [9.17, 15) is 0 Å². The van der Waals surface area contributed by atoms with Crippen molar-refractivity contribution in [3.05, 3.63) is 36.2 Å². The molecule has 2 nitrogen and oxygen atoms in total. The van der Waals surface area contributed by atoms with Crippen LogP contribution in [0.1, 0.15) is 32.4 Å². The molecule has 0 amide bonds. The molecule has 13 heavy (non-hydrogen) atoms. The third-order valence-corrected chi connectivity index (χ3v) is 1.91. The molecule has 0 spiro atoms. The van der Waals surface area contributed by atoms with Gasteiger partial charge in [-0.15, -0.1) is 0 Å². The SMILES string of the molecule is CC.C[C@H]1C=CC=Cn2nccc21. The van der Waals surface area contributed by atoms with Crippen LogP contribution in [-0.2, 0) is 0 Å². The number of aromatic nitrogens is 2. The van der Waals surface area contributed by atoms with Crippen LogP contribution in [0.25, 0.3) is 6.20 Å². The van der Waals surface area contributed by atoms with E-state index in [-0.39, 0.29) is 0 Å². The zero-order valence-corrected chi connectivity index (χ0v) is 8.44. The van der Waals surface area contributed by atoms with Crippen LogP contribution in [-0.4, -0.2) is 9.78 Å². The molecular weight excluding hydrogens is 160 g/mol. The number of hydrogen-bond acceptors (Lipinski definition) is 1. The highest BCUT2D eigenvalue weighted by molar-refractivity contribution is 5.35. The predicted molar refractivity (Wildman–Crippen MR) is 56.5 cm³/mol. The first-order valence-corrected chi connectivity index (χ1v) is 4.76. The average Bonchev–Trinajstić information content (AvgIpc) is 2.57. The van der Waals surface area contributed by atoms with Crippen molar-refractivity contribution in [1.29, 1.82) is 0 Å². The molecule has 0 radical (unpaired) electrons. The van der Waals surface area contributed by atoms with Gasteiger partial charge in [0.15, 0.2) is 0 Å². The van der Waals surface area contributed by atoms with Crippen molar-refractivity contribution >= 4 is 6.20 Å². The van der Waals surface area contributed by atoms with Crippen molar-refractivity contribution in [3.8, 4) is 0 Å². The summed E-state index contributed by atoms with van der Waals surface area (Å²) in [7, 11) is 0. The Morgan fingerprint density at radius 3 is 2.85 bits per heavy atom. The highest BCUT2D eigenvalue weighted by Crippen LogP contribution is 2.18. The van der Waals surface area contributed by atoms with Crippen molar-refractivity contribution in [2.45, 2.75) is 26.7 Å². The Balaban J connectivity index is 0.000000396. The standard InChI is InChI=1S/C9H10N2.C2H6/c1-8-4-2-3-7-11-9(8)5-6-10-11;1-2/h2-8H,1H3;1-2H3/t8-;/m0./s1. The van der Waals surface area contributed by atoms with Crippen LogP contribution in [0.4, 0.5) is 0 Å². The minimum Gasteiger partial charge on any atom is -0.245 e. The second kappa shape index (κ2) is 4.65. The zero-order valence-electron chi connectivity index (χ0n) is 8.44. The van der Waals surface area contributed by atoms with Crippen molar-refractivity contribution in [2.24, 2.45) is 0 Å². The molecule has 2 rings (SSSR count). The van der Waals surface area contributed by atoms with E-state index in [0.717, 1.165) is 0 Å². The Labute approximate surface area is 79.6 Å². The minimum atomic E-state index is 0.465. The first-order chi connectivity index (χ1) is 6.38. The van der Waals surface area contributed by atoms with E-state index < -0.39 is 0 Å². The summed E-state index contributed by atoms with van der Waals surface area (Å²) in [5.41, 5.74) is 1.25. The van der Waals surface area contributed by atoms with Crippen LogP contribution in [0.3, 0.4) is 0 Å². The van der Waals surface area contributed by atoms with Crippen LogP contribution in [0.15, 0.2) is 30.5 Å². The molecule has 0 saturated carbocycles. The molecule has 0 saturated heterocycles. The fourth-order valence-corrected chi connectivity index (χ4v) is 1.27. The van der Waals surface area contributed by atoms with Crippen LogP contribution >= 0.6 is 0 Å². The molecule has 0 aliphatic carbocycles. The van der Waals surface area contributed by atoms with E-state index in [1.54, 1.807) is 0 Å². The summed E-state index contributed by atoms with van der Waals surface area (Å²) in [6.07, 6.45) is 10.0. The lowest BCUT2D eigenvalue weighted by molar-refractivity contribution is 0.810. The maximum absolute atomic E-state index is 4.16. The van der Waals surface area contributed by atoms with Crippen molar-refractivity contribution in [1.82, 2.24) is 9.78 Å². The van der Waals surface area contributed by atoms with Gasteiger partial charge in [-0.1, -0.05) is 32.9 Å². The summed E-state index contributed by atoms with van der Waals surface area (Å²) in [6, 6.07) is 2.05. The Bertz CT molecular complexity index is 308. The second-order valence-electron chi connectivity index (χ2n) is 2.72. The highest BCUT2D eigenvalue weighted by Gasteiger charge is 2.07. The number of fused-ring (bicyclic) bond motifs is 1. The fourth-order valence-electron chi connectivity index (χ4n) is 1.27. The molecule has 0 N–H and O–H groups in total. The van der Waals surface area contributed by atoms with Crippen molar-refractivity contribution in [2.75, 3.05) is 0 Å². The minimum absolute atomic E-state index is 0.465. The van der Waals surface area contributed by atoms with Gasteiger partial charge in [0.2, 0.25) is 0 Å². The summed E-state index contributed by atoms with van der Waals surface area (Å²) < 4.78 is 1.91. The maximum Gasteiger partial charge on any atom is 0.0501 e. The van der Waals surface area contributed by atoms with E-state index in [2.05, 4.69) is 24.2 Å². The summed E-state index contributed by atoms with van der Waals surface area (Å²) >= 11 is 0. The summed E-state index contributed by atoms with van der Waals surface area (Å²) in [5, 5.41) is 4.16. The number of rotatable bonds is 0. The molecule has 0 bridgehead atoms. The summed E-state index contributed by atoms with van der Waals surface area (Å²) in [5.74, 6) is 0.465. The van der Waals surface area contributed by atoms with Gasteiger partial charge in [0.1, 0.15) is 0 Å². The molecule has 1 aromatic rings. The first kappa shape index (κ1) is 9.78. The quantitative estimate of drug-likeness (QED) is 0.594. The van der Waals surface area contributed by atoms with Gasteiger partial charge in [0.25, 0.3) is 0 Å². The molecule has 70 valence electrons. The molecule has 0 unspecified atom stereocenters. The second-order valence-corrected chi connectivity index (χ2v) is 2.72. The first-order valence-electron chi connectivity index (χ1n) is 4.76. The van der Waals surface area contributed by atoms with Crippen molar-refractivity contribution in [3.63, 3.8) is 0 Å². The van der Waals surface area contributed by atoms with Gasteiger partial charge in [-0.05, 0) is 12.1 Å². The number of allylic oxidation sites excluding steroid dienone is 3. The molecule has 1 aliphatic heterocycles. The van der Waals surface area contributed by atoms with Crippen LogP contribution in [0.2, 0.25) is 0 Å². The number of hydrogen-bond donors (Lipinski definition) is 0. The van der Waals surface area contributed by atoms with Gasteiger partial charge in [-0.25, -0.2) is 4.68 Å². The van der Waals surface area contributed by atoms with Gasteiger partial charge < -0.3 is 0 Å². The van der Waals surface area contributed by atoms with Crippen molar-refractivity contribution < 1.29 is 0 Å². The van der Waals surface area contributed by atoms with E-state index in [1.165, 1.54) is 5.69 Å². The Kier molecular flexibility index (Phi) is 3.50. The number of nitrogens with zero attached hydrogens (tertiary/aromatic N) is 2. The van der Waals surface area contributed by atoms with Gasteiger partial charge in [-0.2, -0.15) is 5.10 Å². The third-order valence-electron chi connectivity index (χ3n) is 1.91. The highest BCUT2D eigenvalue weighted by atomic mass is 15.3. The molecule has 1 atom stereocenters. The predicted octanol–water partition coefficient (Wildman–Crippen LogP) is 3.05. The van der Waals surface area contributed by atoms with Gasteiger partial charge >= 0.3 is 0 Å². The van der Waals surface area contributed by atoms with E-state index in [4.69, 9.17) is 0 Å². The van der Waals surface area contributed by atoms with E-state index in [1.807, 2.05) is 43.1 Å². The molecule has 1 aliphatic rings. The largest absolute Gasteiger partial charge is 0.245 e. The van der Waals surface area contributed by atoms with Gasteiger partial charge in [0.05, 0.1) is 5.69 Å². The van der Waals surface area contributed by atoms with E-state index >= 15 is 0 Å². The van der Waals surface area contributed by atoms with Crippen LogP contribution < -0.4 is 0 Å². The lowest BCUT2D eigenvalue weighted by atomic mass is 10.1. The molecule has 2 heteroatoms. The molecular formula is C11H16N2. The van der Waals surface area contributed by atoms with Crippen LogP contribution in [0.5, 0.6) is 0 Å². The topological polar surface area (TPSA) is 17.8 Å². The Morgan fingerprint density at radius 2 is 2.08 bits per heavy atom.